The van der Waals surface area contributed by atoms with Gasteiger partial charge in [-0.2, -0.15) is 5.26 Å². The first-order chi connectivity index (χ1) is 12.7. The van der Waals surface area contributed by atoms with Gasteiger partial charge in [0.1, 0.15) is 11.9 Å². The van der Waals surface area contributed by atoms with Crippen molar-refractivity contribution in [1.29, 1.82) is 5.26 Å². The van der Waals surface area contributed by atoms with Crippen LogP contribution in [-0.4, -0.2) is 22.9 Å². The molecule has 1 fully saturated rings. The van der Waals surface area contributed by atoms with Gasteiger partial charge >= 0.3 is 0 Å². The molecule has 140 valence electrons. The Labute approximate surface area is 163 Å². The van der Waals surface area contributed by atoms with Crippen LogP contribution in [0.4, 0.5) is 11.5 Å². The SMILES string of the molecule is CC(C)(C)n1cc(C#N)cc1NC(=O)C1CC(=O)N(c2ccccc2Cl)C1. The highest BCUT2D eigenvalue weighted by Gasteiger charge is 2.36. The lowest BCUT2D eigenvalue weighted by Gasteiger charge is -2.25. The molecule has 1 atom stereocenters. The predicted octanol–water partition coefficient (Wildman–Crippen LogP) is 3.76. The van der Waals surface area contributed by atoms with E-state index in [-0.39, 0.29) is 30.3 Å². The van der Waals surface area contributed by atoms with Gasteiger partial charge in [0.2, 0.25) is 11.8 Å². The number of aromatic nitrogens is 1. The summed E-state index contributed by atoms with van der Waals surface area (Å²) in [5, 5.41) is 12.5. The third-order valence-corrected chi connectivity index (χ3v) is 4.88. The second-order valence-electron chi connectivity index (χ2n) is 7.61. The van der Waals surface area contributed by atoms with E-state index in [4.69, 9.17) is 16.9 Å². The maximum absolute atomic E-state index is 12.8. The molecular weight excluding hydrogens is 364 g/mol. The summed E-state index contributed by atoms with van der Waals surface area (Å²) in [7, 11) is 0. The zero-order valence-electron chi connectivity index (χ0n) is 15.5. The van der Waals surface area contributed by atoms with E-state index in [1.807, 2.05) is 31.4 Å². The topological polar surface area (TPSA) is 78.1 Å². The Balaban J connectivity index is 1.79. The molecule has 1 unspecified atom stereocenters. The monoisotopic (exact) mass is 384 g/mol. The van der Waals surface area contributed by atoms with E-state index in [0.717, 1.165) is 0 Å². The number of nitrogens with zero attached hydrogens (tertiary/aromatic N) is 3. The zero-order valence-corrected chi connectivity index (χ0v) is 16.2. The summed E-state index contributed by atoms with van der Waals surface area (Å²) in [6.07, 6.45) is 1.84. The minimum atomic E-state index is -0.484. The minimum absolute atomic E-state index is 0.123. The lowest BCUT2D eigenvalue weighted by molar-refractivity contribution is -0.122. The summed E-state index contributed by atoms with van der Waals surface area (Å²) in [6.45, 7) is 6.24. The van der Waals surface area contributed by atoms with E-state index in [0.29, 0.717) is 22.1 Å². The van der Waals surface area contributed by atoms with Crippen LogP contribution < -0.4 is 10.2 Å². The average Bonchev–Trinajstić information content (AvgIpc) is 3.19. The van der Waals surface area contributed by atoms with Crippen molar-refractivity contribution in [1.82, 2.24) is 4.57 Å². The Hall–Kier alpha value is -2.78. The number of halogens is 1. The van der Waals surface area contributed by atoms with E-state index in [2.05, 4.69) is 11.4 Å². The van der Waals surface area contributed by atoms with Crippen LogP contribution in [0.25, 0.3) is 0 Å². The zero-order chi connectivity index (χ0) is 19.8. The molecular formula is C20H21ClN4O2. The normalized spacial score (nSPS) is 17.1. The lowest BCUT2D eigenvalue weighted by Crippen LogP contribution is -2.30. The van der Waals surface area contributed by atoms with E-state index >= 15 is 0 Å². The van der Waals surface area contributed by atoms with E-state index in [9.17, 15) is 9.59 Å². The Morgan fingerprint density at radius 1 is 1.33 bits per heavy atom. The number of anilines is 2. The first-order valence-electron chi connectivity index (χ1n) is 8.69. The van der Waals surface area contributed by atoms with Gasteiger partial charge in [0, 0.05) is 24.7 Å². The van der Waals surface area contributed by atoms with Crippen molar-refractivity contribution in [3.63, 3.8) is 0 Å². The minimum Gasteiger partial charge on any atom is -0.328 e. The second kappa shape index (κ2) is 7.09. The quantitative estimate of drug-likeness (QED) is 0.875. The number of amides is 2. The van der Waals surface area contributed by atoms with E-state index < -0.39 is 5.92 Å². The van der Waals surface area contributed by atoms with Crippen molar-refractivity contribution in [3.8, 4) is 6.07 Å². The fourth-order valence-corrected chi connectivity index (χ4v) is 3.43. The summed E-state index contributed by atoms with van der Waals surface area (Å²) in [4.78, 5) is 26.7. The first-order valence-corrected chi connectivity index (χ1v) is 9.07. The van der Waals surface area contributed by atoms with Crippen molar-refractivity contribution in [2.24, 2.45) is 5.92 Å². The lowest BCUT2D eigenvalue weighted by atomic mass is 10.1. The molecule has 27 heavy (non-hydrogen) atoms. The Bertz CT molecular complexity index is 936. The van der Waals surface area contributed by atoms with Crippen LogP contribution in [0.15, 0.2) is 36.5 Å². The van der Waals surface area contributed by atoms with Crippen LogP contribution in [-0.2, 0) is 15.1 Å². The molecule has 3 rings (SSSR count). The molecule has 0 radical (unpaired) electrons. The number of hydrogen-bond donors (Lipinski definition) is 1. The molecule has 1 aromatic heterocycles. The molecule has 1 N–H and O–H groups in total. The third-order valence-electron chi connectivity index (χ3n) is 4.56. The van der Waals surface area contributed by atoms with Crippen molar-refractivity contribution in [2.45, 2.75) is 32.7 Å². The molecule has 2 amide bonds. The number of nitriles is 1. The summed E-state index contributed by atoms with van der Waals surface area (Å²) in [5.41, 5.74) is 0.789. The van der Waals surface area contributed by atoms with Crippen LogP contribution in [0.1, 0.15) is 32.8 Å². The number of hydrogen-bond acceptors (Lipinski definition) is 3. The van der Waals surface area contributed by atoms with Gasteiger partial charge in [0.05, 0.1) is 22.2 Å². The van der Waals surface area contributed by atoms with Crippen molar-refractivity contribution >= 4 is 34.9 Å². The standard InChI is InChI=1S/C20H21ClN4O2/c1-20(2,3)25-11-13(10-22)8-17(25)23-19(27)14-9-18(26)24(12-14)16-7-5-4-6-15(16)21/h4-8,11,14H,9,12H2,1-3H3,(H,23,27). The number of para-hydroxylation sites is 1. The second-order valence-corrected chi connectivity index (χ2v) is 8.02. The highest BCUT2D eigenvalue weighted by molar-refractivity contribution is 6.33. The number of nitrogens with one attached hydrogen (secondary N) is 1. The van der Waals surface area contributed by atoms with Crippen LogP contribution >= 0.6 is 11.6 Å². The Kier molecular flexibility index (Phi) is 4.99. The molecule has 0 spiro atoms. The molecule has 6 nitrogen and oxygen atoms in total. The molecule has 1 aliphatic heterocycles. The summed E-state index contributed by atoms with van der Waals surface area (Å²) in [5.74, 6) is -0.312. The van der Waals surface area contributed by atoms with Gasteiger partial charge in [-0.1, -0.05) is 23.7 Å². The predicted molar refractivity (Wildman–Crippen MR) is 105 cm³/mol. The Morgan fingerprint density at radius 2 is 2.04 bits per heavy atom. The Morgan fingerprint density at radius 3 is 2.67 bits per heavy atom. The van der Waals surface area contributed by atoms with Gasteiger partial charge in [-0.3, -0.25) is 9.59 Å². The van der Waals surface area contributed by atoms with Gasteiger partial charge < -0.3 is 14.8 Å². The molecule has 1 aliphatic rings. The fraction of sp³-hybridized carbons (Fsp3) is 0.350. The smallest absolute Gasteiger partial charge is 0.230 e. The van der Waals surface area contributed by atoms with Gasteiger partial charge in [0.25, 0.3) is 0 Å². The van der Waals surface area contributed by atoms with E-state index in [1.165, 1.54) is 0 Å². The molecule has 1 aromatic carbocycles. The van der Waals surface area contributed by atoms with Crippen LogP contribution in [0.2, 0.25) is 5.02 Å². The third kappa shape index (κ3) is 3.83. The van der Waals surface area contributed by atoms with E-state index in [1.54, 1.807) is 35.4 Å². The maximum atomic E-state index is 12.8. The largest absolute Gasteiger partial charge is 0.328 e. The van der Waals surface area contributed by atoms with Gasteiger partial charge in [-0.25, -0.2) is 0 Å². The highest BCUT2D eigenvalue weighted by atomic mass is 35.5. The molecule has 0 bridgehead atoms. The summed E-state index contributed by atoms with van der Waals surface area (Å²) < 4.78 is 1.85. The van der Waals surface area contributed by atoms with Crippen molar-refractivity contribution in [2.75, 3.05) is 16.8 Å². The molecule has 0 aliphatic carbocycles. The summed E-state index contributed by atoms with van der Waals surface area (Å²) in [6, 6.07) is 10.8. The fourth-order valence-electron chi connectivity index (χ4n) is 3.19. The number of carbonyl (C=O) groups excluding carboxylic acids is 2. The molecule has 2 heterocycles. The number of rotatable bonds is 3. The van der Waals surface area contributed by atoms with Gasteiger partial charge in [-0.15, -0.1) is 0 Å². The maximum Gasteiger partial charge on any atom is 0.230 e. The van der Waals surface area contributed by atoms with Gasteiger partial charge in [0.15, 0.2) is 0 Å². The van der Waals surface area contributed by atoms with Gasteiger partial charge in [-0.05, 0) is 39.0 Å². The first kappa shape index (κ1) is 19.0. The number of benzene rings is 1. The molecule has 1 saturated heterocycles. The van der Waals surface area contributed by atoms with Crippen LogP contribution in [0.3, 0.4) is 0 Å². The average molecular weight is 385 g/mol. The molecule has 0 saturated carbocycles. The highest BCUT2D eigenvalue weighted by Crippen LogP contribution is 2.32. The van der Waals surface area contributed by atoms with Crippen molar-refractivity contribution < 1.29 is 9.59 Å². The number of carbonyl (C=O) groups is 2. The van der Waals surface area contributed by atoms with Crippen LogP contribution in [0, 0.1) is 17.2 Å². The molecule has 2 aromatic rings. The summed E-state index contributed by atoms with van der Waals surface area (Å²) >= 11 is 6.19. The van der Waals surface area contributed by atoms with Crippen LogP contribution in [0.5, 0.6) is 0 Å². The van der Waals surface area contributed by atoms with Crippen molar-refractivity contribution in [3.05, 3.63) is 47.1 Å². The molecule has 7 heteroatoms.